The Morgan fingerprint density at radius 1 is 1.03 bits per heavy atom. The SMILES string of the molecule is CC(NCc1cc(C(F)(F)F)cc(C(F)(F)F)c1)c1nccnc1-c1ccc(C(=O)N(C)CC#N)cn1. The normalized spacial score (nSPS) is 12.6. The van der Waals surface area contributed by atoms with Crippen LogP contribution < -0.4 is 5.32 Å². The summed E-state index contributed by atoms with van der Waals surface area (Å²) in [7, 11) is 1.47. The van der Waals surface area contributed by atoms with Gasteiger partial charge in [0.15, 0.2) is 0 Å². The molecule has 194 valence electrons. The lowest BCUT2D eigenvalue weighted by Gasteiger charge is -2.18. The Kier molecular flexibility index (Phi) is 8.12. The number of rotatable bonds is 7. The molecule has 0 aliphatic rings. The van der Waals surface area contributed by atoms with Crippen LogP contribution in [0.25, 0.3) is 11.4 Å². The second kappa shape index (κ2) is 10.9. The molecule has 1 aromatic carbocycles. The fraction of sp³-hybridized carbons (Fsp3) is 0.292. The van der Waals surface area contributed by atoms with Gasteiger partial charge in [0.2, 0.25) is 0 Å². The Balaban J connectivity index is 1.83. The van der Waals surface area contributed by atoms with Crippen LogP contribution in [0, 0.1) is 11.3 Å². The predicted molar refractivity (Wildman–Crippen MR) is 120 cm³/mol. The zero-order chi connectivity index (χ0) is 27.4. The van der Waals surface area contributed by atoms with Gasteiger partial charge in [-0.25, -0.2) is 0 Å². The second-order valence-electron chi connectivity index (χ2n) is 8.06. The van der Waals surface area contributed by atoms with Crippen LogP contribution in [0.1, 0.15) is 45.7 Å². The summed E-state index contributed by atoms with van der Waals surface area (Å²) in [6, 6.07) is 5.64. The summed E-state index contributed by atoms with van der Waals surface area (Å²) >= 11 is 0. The Morgan fingerprint density at radius 3 is 2.19 bits per heavy atom. The minimum Gasteiger partial charge on any atom is -0.328 e. The number of alkyl halides is 6. The van der Waals surface area contributed by atoms with Crippen molar-refractivity contribution >= 4 is 5.91 Å². The van der Waals surface area contributed by atoms with Crippen molar-refractivity contribution in [3.63, 3.8) is 0 Å². The van der Waals surface area contributed by atoms with Gasteiger partial charge in [-0.3, -0.25) is 19.7 Å². The molecule has 0 spiro atoms. The molecule has 37 heavy (non-hydrogen) atoms. The van der Waals surface area contributed by atoms with Crippen molar-refractivity contribution in [3.8, 4) is 17.5 Å². The molecule has 13 heteroatoms. The molecule has 0 fully saturated rings. The molecule has 2 heterocycles. The number of nitrogens with one attached hydrogen (secondary N) is 1. The first kappa shape index (κ1) is 27.5. The number of halogens is 6. The Labute approximate surface area is 207 Å². The minimum absolute atomic E-state index is 0.0753. The first-order valence-electron chi connectivity index (χ1n) is 10.7. The molecule has 0 saturated heterocycles. The largest absolute Gasteiger partial charge is 0.416 e. The van der Waals surface area contributed by atoms with Crippen molar-refractivity contribution < 1.29 is 31.1 Å². The number of benzene rings is 1. The van der Waals surface area contributed by atoms with Gasteiger partial charge in [0.05, 0.1) is 34.1 Å². The van der Waals surface area contributed by atoms with E-state index >= 15 is 0 Å². The van der Waals surface area contributed by atoms with E-state index in [0.29, 0.717) is 29.2 Å². The van der Waals surface area contributed by atoms with E-state index < -0.39 is 35.4 Å². The zero-order valence-corrected chi connectivity index (χ0v) is 19.5. The van der Waals surface area contributed by atoms with Crippen molar-refractivity contribution in [2.45, 2.75) is 31.9 Å². The number of aromatic nitrogens is 3. The molecule has 1 amide bonds. The van der Waals surface area contributed by atoms with Crippen molar-refractivity contribution in [2.75, 3.05) is 13.6 Å². The maximum absolute atomic E-state index is 13.2. The van der Waals surface area contributed by atoms with Crippen LogP contribution in [0.5, 0.6) is 0 Å². The van der Waals surface area contributed by atoms with E-state index in [1.54, 1.807) is 6.92 Å². The summed E-state index contributed by atoms with van der Waals surface area (Å²) in [5.41, 5.74) is -1.76. The van der Waals surface area contributed by atoms with E-state index in [1.165, 1.54) is 42.7 Å². The number of hydrogen-bond acceptors (Lipinski definition) is 6. The van der Waals surface area contributed by atoms with Crippen molar-refractivity contribution in [1.82, 2.24) is 25.2 Å². The highest BCUT2D eigenvalue weighted by Crippen LogP contribution is 2.36. The molecule has 0 aliphatic heterocycles. The summed E-state index contributed by atoms with van der Waals surface area (Å²) in [4.78, 5) is 26.3. The topological polar surface area (TPSA) is 94.8 Å². The molecule has 0 aliphatic carbocycles. The van der Waals surface area contributed by atoms with Crippen molar-refractivity contribution in [1.29, 1.82) is 5.26 Å². The number of carbonyl (C=O) groups excluding carboxylic acids is 1. The van der Waals surface area contributed by atoms with Crippen LogP contribution in [0.3, 0.4) is 0 Å². The monoisotopic (exact) mass is 522 g/mol. The standard InChI is InChI=1S/C24H20F6N6O/c1-14(34-12-15-9-17(23(25,26)27)11-18(10-15)24(28,29)30)20-21(33-7-6-32-20)19-4-3-16(13-35-19)22(37)36(2)8-5-31/h3-4,6-7,9-11,13-14,34H,8,12H2,1-2H3. The maximum atomic E-state index is 13.2. The first-order chi connectivity index (χ1) is 17.3. The molecule has 7 nitrogen and oxygen atoms in total. The lowest BCUT2D eigenvalue weighted by atomic mass is 10.0. The molecular weight excluding hydrogens is 502 g/mol. The molecule has 0 radical (unpaired) electrons. The quantitative estimate of drug-likeness (QED) is 0.346. The van der Waals surface area contributed by atoms with Crippen molar-refractivity contribution in [3.05, 3.63) is 76.9 Å². The van der Waals surface area contributed by atoms with Crippen LogP contribution in [0.4, 0.5) is 26.3 Å². The summed E-state index contributed by atoms with van der Waals surface area (Å²) in [6.45, 7) is 1.21. The summed E-state index contributed by atoms with van der Waals surface area (Å²) < 4.78 is 78.9. The van der Waals surface area contributed by atoms with E-state index in [1.807, 2.05) is 6.07 Å². The van der Waals surface area contributed by atoms with Gasteiger partial charge >= 0.3 is 12.4 Å². The molecule has 1 atom stereocenters. The summed E-state index contributed by atoms with van der Waals surface area (Å²) in [5.74, 6) is -0.408. The van der Waals surface area contributed by atoms with E-state index in [4.69, 9.17) is 5.26 Å². The maximum Gasteiger partial charge on any atom is 0.416 e. The molecular formula is C24H20F6N6O. The fourth-order valence-electron chi connectivity index (χ4n) is 3.41. The van der Waals surface area contributed by atoms with Crippen LogP contribution in [-0.2, 0) is 18.9 Å². The second-order valence-corrected chi connectivity index (χ2v) is 8.06. The van der Waals surface area contributed by atoms with Crippen LogP contribution >= 0.6 is 0 Å². The highest BCUT2D eigenvalue weighted by molar-refractivity contribution is 5.94. The number of hydrogen-bond donors (Lipinski definition) is 1. The molecule has 0 bridgehead atoms. The van der Waals surface area contributed by atoms with Gasteiger partial charge in [0, 0.05) is 38.2 Å². The van der Waals surface area contributed by atoms with Gasteiger partial charge in [-0.15, -0.1) is 0 Å². The Hall–Kier alpha value is -4.05. The van der Waals surface area contributed by atoms with Gasteiger partial charge in [0.25, 0.3) is 5.91 Å². The van der Waals surface area contributed by atoms with E-state index in [0.717, 1.165) is 0 Å². The predicted octanol–water partition coefficient (Wildman–Crippen LogP) is 5.02. The average Bonchev–Trinajstić information content (AvgIpc) is 2.86. The highest BCUT2D eigenvalue weighted by atomic mass is 19.4. The van der Waals surface area contributed by atoms with Crippen LogP contribution in [0.2, 0.25) is 0 Å². The minimum atomic E-state index is -4.94. The third kappa shape index (κ3) is 6.79. The lowest BCUT2D eigenvalue weighted by molar-refractivity contribution is -0.143. The smallest absolute Gasteiger partial charge is 0.328 e. The summed E-state index contributed by atoms with van der Waals surface area (Å²) in [5, 5.41) is 11.6. The van der Waals surface area contributed by atoms with E-state index in [9.17, 15) is 31.1 Å². The number of nitrogens with zero attached hydrogens (tertiary/aromatic N) is 5. The zero-order valence-electron chi connectivity index (χ0n) is 19.5. The molecule has 0 saturated carbocycles. The number of nitriles is 1. The van der Waals surface area contributed by atoms with Gasteiger partial charge in [-0.05, 0) is 42.8 Å². The molecule has 3 aromatic rings. The Morgan fingerprint density at radius 2 is 1.65 bits per heavy atom. The molecule has 1 N–H and O–H groups in total. The highest BCUT2D eigenvalue weighted by Gasteiger charge is 2.36. The van der Waals surface area contributed by atoms with Gasteiger partial charge < -0.3 is 10.2 Å². The van der Waals surface area contributed by atoms with E-state index in [-0.39, 0.29) is 30.3 Å². The average molecular weight is 522 g/mol. The Bertz CT molecular complexity index is 1270. The van der Waals surface area contributed by atoms with Crippen molar-refractivity contribution in [2.24, 2.45) is 0 Å². The first-order valence-corrected chi connectivity index (χ1v) is 10.7. The number of amides is 1. The fourth-order valence-corrected chi connectivity index (χ4v) is 3.41. The van der Waals surface area contributed by atoms with Crippen LogP contribution in [0.15, 0.2) is 48.9 Å². The third-order valence-corrected chi connectivity index (χ3v) is 5.30. The number of carbonyl (C=O) groups is 1. The lowest BCUT2D eigenvalue weighted by Crippen LogP contribution is -2.27. The molecule has 2 aromatic heterocycles. The van der Waals surface area contributed by atoms with Crippen LogP contribution in [-0.4, -0.2) is 39.4 Å². The molecule has 3 rings (SSSR count). The van der Waals surface area contributed by atoms with E-state index in [2.05, 4.69) is 20.3 Å². The summed E-state index contributed by atoms with van der Waals surface area (Å²) in [6.07, 6.45) is -5.79. The third-order valence-electron chi connectivity index (χ3n) is 5.30. The van der Waals surface area contributed by atoms with Gasteiger partial charge in [-0.1, -0.05) is 0 Å². The number of pyridine rings is 1. The molecule has 1 unspecified atom stereocenters. The van der Waals surface area contributed by atoms with Gasteiger partial charge in [0.1, 0.15) is 12.2 Å². The van der Waals surface area contributed by atoms with Gasteiger partial charge in [-0.2, -0.15) is 31.6 Å².